The quantitative estimate of drug-likeness (QED) is 0.855. The van der Waals surface area contributed by atoms with Crippen LogP contribution in [0.2, 0.25) is 5.02 Å². The molecule has 0 unspecified atom stereocenters. The largest absolute Gasteiger partial charge is 0.496 e. The second-order valence-electron chi connectivity index (χ2n) is 3.90. The minimum absolute atomic E-state index is 0.295. The lowest BCUT2D eigenvalue weighted by atomic mass is 10.2. The van der Waals surface area contributed by atoms with Crippen LogP contribution in [0.15, 0.2) is 40.9 Å². The molecule has 2 aromatic carbocycles. The van der Waals surface area contributed by atoms with Crippen molar-refractivity contribution < 1.29 is 9.13 Å². The van der Waals surface area contributed by atoms with Gasteiger partial charge in [-0.25, -0.2) is 4.39 Å². The first-order valence-electron chi connectivity index (χ1n) is 5.62. The van der Waals surface area contributed by atoms with Crippen LogP contribution in [0.25, 0.3) is 0 Å². The standard InChI is InChI=1S/C14H12BrClFNO/c1-19-14-4-2-3-12(16)10(14)8-18-13-7-9(17)5-6-11(13)15/h2-7,18H,8H2,1H3. The maximum atomic E-state index is 13.2. The molecule has 0 bridgehead atoms. The molecule has 0 fully saturated rings. The first kappa shape index (κ1) is 14.2. The third-order valence-corrected chi connectivity index (χ3v) is 3.73. The predicted octanol–water partition coefficient (Wildman–Crippen LogP) is 4.86. The van der Waals surface area contributed by atoms with E-state index in [-0.39, 0.29) is 5.82 Å². The molecule has 0 atom stereocenters. The molecule has 19 heavy (non-hydrogen) atoms. The Balaban J connectivity index is 2.21. The molecule has 0 aliphatic carbocycles. The first-order chi connectivity index (χ1) is 9.11. The highest BCUT2D eigenvalue weighted by molar-refractivity contribution is 9.10. The molecule has 0 aliphatic heterocycles. The topological polar surface area (TPSA) is 21.3 Å². The van der Waals surface area contributed by atoms with Crippen LogP contribution >= 0.6 is 27.5 Å². The number of anilines is 1. The molecule has 2 aromatic rings. The van der Waals surface area contributed by atoms with Crippen LogP contribution in [0.1, 0.15) is 5.56 Å². The summed E-state index contributed by atoms with van der Waals surface area (Å²) in [5, 5.41) is 3.74. The van der Waals surface area contributed by atoms with E-state index in [0.717, 1.165) is 10.0 Å². The molecule has 5 heteroatoms. The fraction of sp³-hybridized carbons (Fsp3) is 0.143. The Kier molecular flexibility index (Phi) is 4.66. The van der Waals surface area contributed by atoms with Crippen LogP contribution < -0.4 is 10.1 Å². The maximum Gasteiger partial charge on any atom is 0.125 e. The average molecular weight is 345 g/mol. The lowest BCUT2D eigenvalue weighted by Gasteiger charge is -2.13. The van der Waals surface area contributed by atoms with Gasteiger partial charge in [-0.05, 0) is 46.3 Å². The van der Waals surface area contributed by atoms with Crippen molar-refractivity contribution in [3.05, 3.63) is 57.3 Å². The monoisotopic (exact) mass is 343 g/mol. The van der Waals surface area contributed by atoms with Crippen molar-refractivity contribution >= 4 is 33.2 Å². The summed E-state index contributed by atoms with van der Waals surface area (Å²) in [7, 11) is 1.59. The second kappa shape index (κ2) is 6.26. The van der Waals surface area contributed by atoms with Crippen molar-refractivity contribution in [1.82, 2.24) is 0 Å². The van der Waals surface area contributed by atoms with Crippen LogP contribution in [0.5, 0.6) is 5.75 Å². The highest BCUT2D eigenvalue weighted by Crippen LogP contribution is 2.29. The molecule has 1 N–H and O–H groups in total. The molecule has 0 amide bonds. The number of hydrogen-bond donors (Lipinski definition) is 1. The lowest BCUT2D eigenvalue weighted by molar-refractivity contribution is 0.410. The summed E-state index contributed by atoms with van der Waals surface area (Å²) in [5.41, 5.74) is 1.50. The van der Waals surface area contributed by atoms with Gasteiger partial charge < -0.3 is 10.1 Å². The molecule has 2 nitrogen and oxygen atoms in total. The fourth-order valence-corrected chi connectivity index (χ4v) is 2.34. The zero-order valence-electron chi connectivity index (χ0n) is 10.2. The Labute approximate surface area is 124 Å². The van der Waals surface area contributed by atoms with E-state index >= 15 is 0 Å². The number of benzene rings is 2. The van der Waals surface area contributed by atoms with Crippen LogP contribution in [0.3, 0.4) is 0 Å². The normalized spacial score (nSPS) is 10.3. The molecular formula is C14H12BrClFNO. The van der Waals surface area contributed by atoms with Gasteiger partial charge in [0.1, 0.15) is 11.6 Å². The first-order valence-corrected chi connectivity index (χ1v) is 6.79. The highest BCUT2D eigenvalue weighted by atomic mass is 79.9. The number of halogens is 3. The van der Waals surface area contributed by atoms with Gasteiger partial charge in [0.15, 0.2) is 0 Å². The van der Waals surface area contributed by atoms with Gasteiger partial charge >= 0.3 is 0 Å². The number of ether oxygens (including phenoxy) is 1. The molecule has 0 heterocycles. The molecule has 0 aliphatic rings. The van der Waals surface area contributed by atoms with Gasteiger partial charge in [0, 0.05) is 21.6 Å². The Bertz CT molecular complexity index is 592. The summed E-state index contributed by atoms with van der Waals surface area (Å²) in [6.07, 6.45) is 0. The summed E-state index contributed by atoms with van der Waals surface area (Å²) < 4.78 is 19.2. The zero-order chi connectivity index (χ0) is 13.8. The van der Waals surface area contributed by atoms with E-state index in [2.05, 4.69) is 21.2 Å². The van der Waals surface area contributed by atoms with E-state index in [9.17, 15) is 4.39 Å². The maximum absolute atomic E-state index is 13.2. The zero-order valence-corrected chi connectivity index (χ0v) is 12.6. The average Bonchev–Trinajstić information content (AvgIpc) is 2.40. The third kappa shape index (κ3) is 3.39. The van der Waals surface area contributed by atoms with E-state index < -0.39 is 0 Å². The van der Waals surface area contributed by atoms with Gasteiger partial charge in [-0.2, -0.15) is 0 Å². The van der Waals surface area contributed by atoms with Gasteiger partial charge in [-0.3, -0.25) is 0 Å². The van der Waals surface area contributed by atoms with E-state index in [1.807, 2.05) is 12.1 Å². The van der Waals surface area contributed by atoms with Crippen molar-refractivity contribution in [1.29, 1.82) is 0 Å². The van der Waals surface area contributed by atoms with Crippen LogP contribution in [0, 0.1) is 5.82 Å². The Morgan fingerprint density at radius 2 is 2.11 bits per heavy atom. The van der Waals surface area contributed by atoms with Crippen LogP contribution in [-0.4, -0.2) is 7.11 Å². The summed E-state index contributed by atoms with van der Waals surface area (Å²) in [4.78, 5) is 0. The number of nitrogens with one attached hydrogen (secondary N) is 1. The molecular weight excluding hydrogens is 333 g/mol. The van der Waals surface area contributed by atoms with Crippen molar-refractivity contribution in [3.8, 4) is 5.75 Å². The molecule has 0 radical (unpaired) electrons. The van der Waals surface area contributed by atoms with Gasteiger partial charge in [-0.15, -0.1) is 0 Å². The molecule has 0 spiro atoms. The molecule has 0 saturated heterocycles. The highest BCUT2D eigenvalue weighted by Gasteiger charge is 2.08. The van der Waals surface area contributed by atoms with Gasteiger partial charge in [0.05, 0.1) is 12.8 Å². The number of hydrogen-bond acceptors (Lipinski definition) is 2. The third-order valence-electron chi connectivity index (χ3n) is 2.68. The van der Waals surface area contributed by atoms with E-state index in [1.165, 1.54) is 12.1 Å². The molecule has 2 rings (SSSR count). The predicted molar refractivity (Wildman–Crippen MR) is 79.4 cm³/mol. The van der Waals surface area contributed by atoms with Gasteiger partial charge in [-0.1, -0.05) is 17.7 Å². The smallest absolute Gasteiger partial charge is 0.125 e. The van der Waals surface area contributed by atoms with E-state index in [4.69, 9.17) is 16.3 Å². The summed E-state index contributed by atoms with van der Waals surface area (Å²) in [5.74, 6) is 0.407. The van der Waals surface area contributed by atoms with Gasteiger partial charge in [0.25, 0.3) is 0 Å². The van der Waals surface area contributed by atoms with Crippen molar-refractivity contribution in [2.75, 3.05) is 12.4 Å². The van der Waals surface area contributed by atoms with E-state index in [0.29, 0.717) is 23.0 Å². The molecule has 100 valence electrons. The molecule has 0 saturated carbocycles. The lowest BCUT2D eigenvalue weighted by Crippen LogP contribution is -2.03. The Hall–Kier alpha value is -1.26. The minimum Gasteiger partial charge on any atom is -0.496 e. The van der Waals surface area contributed by atoms with Crippen molar-refractivity contribution in [2.24, 2.45) is 0 Å². The fourth-order valence-electron chi connectivity index (χ4n) is 1.72. The summed E-state index contributed by atoms with van der Waals surface area (Å²) in [6, 6.07) is 9.92. The molecule has 0 aromatic heterocycles. The number of methoxy groups -OCH3 is 1. The SMILES string of the molecule is COc1cccc(Cl)c1CNc1cc(F)ccc1Br. The van der Waals surface area contributed by atoms with E-state index in [1.54, 1.807) is 19.2 Å². The van der Waals surface area contributed by atoms with Crippen LogP contribution in [0.4, 0.5) is 10.1 Å². The van der Waals surface area contributed by atoms with Gasteiger partial charge in [0.2, 0.25) is 0 Å². The summed E-state index contributed by atoms with van der Waals surface area (Å²) in [6.45, 7) is 0.449. The Morgan fingerprint density at radius 1 is 1.32 bits per heavy atom. The second-order valence-corrected chi connectivity index (χ2v) is 5.16. The Morgan fingerprint density at radius 3 is 2.84 bits per heavy atom. The van der Waals surface area contributed by atoms with Crippen molar-refractivity contribution in [2.45, 2.75) is 6.54 Å². The number of rotatable bonds is 4. The van der Waals surface area contributed by atoms with Crippen molar-refractivity contribution in [3.63, 3.8) is 0 Å². The summed E-state index contributed by atoms with van der Waals surface area (Å²) >= 11 is 9.50. The minimum atomic E-state index is -0.295. The van der Waals surface area contributed by atoms with Crippen LogP contribution in [-0.2, 0) is 6.54 Å².